The van der Waals surface area contributed by atoms with Crippen LogP contribution in [0.4, 0.5) is 0 Å². The molecule has 0 aromatic heterocycles. The van der Waals surface area contributed by atoms with Gasteiger partial charge in [0.25, 0.3) is 0 Å². The molecule has 2 fully saturated rings. The lowest BCUT2D eigenvalue weighted by molar-refractivity contribution is -0.173. The summed E-state index contributed by atoms with van der Waals surface area (Å²) in [5.41, 5.74) is 1.92. The molecule has 144 valence electrons. The molecule has 0 amide bonds. The Balaban J connectivity index is 1.53. The predicted molar refractivity (Wildman–Crippen MR) is 91.0 cm³/mol. The van der Waals surface area contributed by atoms with E-state index in [1.807, 2.05) is 26.0 Å². The largest absolute Gasteiger partial charge is 0.481 e. The summed E-state index contributed by atoms with van der Waals surface area (Å²) < 4.78 is 5.09. The van der Waals surface area contributed by atoms with Crippen molar-refractivity contribution in [2.45, 2.75) is 26.7 Å². The zero-order chi connectivity index (χ0) is 19.6. The standard InChI is InChI=1S/C20H22O7/c1-7-3-9-5-11(7)15(17(21)22)13(9)19(25)27-20(26)14-10-4-8(2)12(6-10)16(14)18(23)24/h3-4,9-16H,5-6H2,1-2H3,(H,21,22)(H,23,24). The highest BCUT2D eigenvalue weighted by Gasteiger charge is 2.57. The van der Waals surface area contributed by atoms with Crippen LogP contribution in [0.3, 0.4) is 0 Å². The molecule has 4 rings (SSSR count). The Hall–Kier alpha value is -2.44. The Morgan fingerprint density at radius 3 is 1.48 bits per heavy atom. The molecule has 2 saturated carbocycles. The zero-order valence-corrected chi connectivity index (χ0v) is 15.1. The number of ether oxygens (including phenoxy) is 1. The van der Waals surface area contributed by atoms with Crippen LogP contribution >= 0.6 is 0 Å². The van der Waals surface area contributed by atoms with Gasteiger partial charge >= 0.3 is 23.9 Å². The number of allylic oxidation sites excluding steroid dienone is 4. The van der Waals surface area contributed by atoms with Crippen LogP contribution in [0.5, 0.6) is 0 Å². The number of carbonyl (C=O) groups is 4. The topological polar surface area (TPSA) is 118 Å². The first-order valence-corrected chi connectivity index (χ1v) is 9.28. The van der Waals surface area contributed by atoms with Crippen LogP contribution in [0.2, 0.25) is 0 Å². The summed E-state index contributed by atoms with van der Waals surface area (Å²) in [6.07, 6.45) is 4.93. The molecule has 0 saturated heterocycles. The van der Waals surface area contributed by atoms with E-state index in [4.69, 9.17) is 4.74 Å². The SMILES string of the molecule is CC1=CC2CC1C(C(=O)O)C2C(=O)OC(=O)C1C2C=C(C)C(C2)C1C(=O)O. The highest BCUT2D eigenvalue weighted by Crippen LogP contribution is 2.54. The number of carbonyl (C=O) groups excluding carboxylic acids is 2. The maximum atomic E-state index is 12.7. The van der Waals surface area contributed by atoms with Gasteiger partial charge in [-0.2, -0.15) is 0 Å². The molecule has 8 atom stereocenters. The number of fused-ring (bicyclic) bond motifs is 4. The van der Waals surface area contributed by atoms with Gasteiger partial charge in [0.2, 0.25) is 0 Å². The number of rotatable bonds is 4. The molecule has 4 aliphatic carbocycles. The normalized spacial score (nSPS) is 41.3. The van der Waals surface area contributed by atoms with E-state index in [-0.39, 0.29) is 23.7 Å². The number of esters is 2. The maximum Gasteiger partial charge on any atom is 0.318 e. The fourth-order valence-corrected chi connectivity index (χ4v) is 5.94. The lowest BCUT2D eigenvalue weighted by Gasteiger charge is -2.28. The number of hydrogen-bond donors (Lipinski definition) is 2. The Morgan fingerprint density at radius 2 is 1.15 bits per heavy atom. The highest BCUT2D eigenvalue weighted by molar-refractivity contribution is 5.93. The lowest BCUT2D eigenvalue weighted by Crippen LogP contribution is -2.40. The second kappa shape index (κ2) is 6.04. The smallest absolute Gasteiger partial charge is 0.318 e. The third kappa shape index (κ3) is 2.55. The van der Waals surface area contributed by atoms with Crippen LogP contribution in [-0.4, -0.2) is 34.1 Å². The molecule has 27 heavy (non-hydrogen) atoms. The second-order valence-electron chi connectivity index (χ2n) is 8.35. The molecule has 4 bridgehead atoms. The number of aliphatic carboxylic acids is 2. The van der Waals surface area contributed by atoms with Gasteiger partial charge in [0.15, 0.2) is 0 Å². The molecule has 4 aliphatic rings. The quantitative estimate of drug-likeness (QED) is 0.438. The van der Waals surface area contributed by atoms with Gasteiger partial charge in [0, 0.05) is 0 Å². The minimum Gasteiger partial charge on any atom is -0.481 e. The molecule has 2 N–H and O–H groups in total. The van der Waals surface area contributed by atoms with Gasteiger partial charge in [0.05, 0.1) is 23.7 Å². The Bertz CT molecular complexity index is 741. The second-order valence-corrected chi connectivity index (χ2v) is 8.35. The van der Waals surface area contributed by atoms with E-state index in [0.717, 1.165) is 11.1 Å². The van der Waals surface area contributed by atoms with Crippen LogP contribution in [0.15, 0.2) is 23.3 Å². The maximum absolute atomic E-state index is 12.7. The minimum absolute atomic E-state index is 0.208. The van der Waals surface area contributed by atoms with E-state index in [2.05, 4.69) is 0 Å². The van der Waals surface area contributed by atoms with Crippen molar-refractivity contribution in [3.8, 4) is 0 Å². The van der Waals surface area contributed by atoms with Crippen molar-refractivity contribution < 1.29 is 34.1 Å². The molecular weight excluding hydrogens is 352 g/mol. The minimum atomic E-state index is -1.06. The van der Waals surface area contributed by atoms with Crippen molar-refractivity contribution in [1.82, 2.24) is 0 Å². The Labute approximate surface area is 156 Å². The fourth-order valence-electron chi connectivity index (χ4n) is 5.94. The summed E-state index contributed by atoms with van der Waals surface area (Å²) in [5, 5.41) is 19.1. The third-order valence-corrected chi connectivity index (χ3v) is 7.06. The van der Waals surface area contributed by atoms with Crippen LogP contribution in [0.25, 0.3) is 0 Å². The summed E-state index contributed by atoms with van der Waals surface area (Å²) in [4.78, 5) is 48.7. The summed E-state index contributed by atoms with van der Waals surface area (Å²) in [7, 11) is 0. The first-order chi connectivity index (χ1) is 12.7. The van der Waals surface area contributed by atoms with E-state index < -0.39 is 47.5 Å². The Morgan fingerprint density at radius 1 is 0.778 bits per heavy atom. The molecule has 8 unspecified atom stereocenters. The van der Waals surface area contributed by atoms with Crippen molar-refractivity contribution >= 4 is 23.9 Å². The van der Waals surface area contributed by atoms with Gasteiger partial charge in [-0.1, -0.05) is 23.3 Å². The first kappa shape index (κ1) is 17.9. The number of hydrogen-bond acceptors (Lipinski definition) is 5. The van der Waals surface area contributed by atoms with E-state index in [1.54, 1.807) is 0 Å². The average molecular weight is 374 g/mol. The summed E-state index contributed by atoms with van der Waals surface area (Å²) >= 11 is 0. The van der Waals surface area contributed by atoms with E-state index in [1.165, 1.54) is 0 Å². The van der Waals surface area contributed by atoms with Crippen LogP contribution in [-0.2, 0) is 23.9 Å². The number of carboxylic acids is 2. The highest BCUT2D eigenvalue weighted by atomic mass is 16.6. The molecule has 0 aromatic rings. The zero-order valence-electron chi connectivity index (χ0n) is 15.1. The fraction of sp³-hybridized carbons (Fsp3) is 0.600. The average Bonchev–Trinajstić information content (AvgIpc) is 3.30. The molecule has 0 radical (unpaired) electrons. The van der Waals surface area contributed by atoms with Crippen molar-refractivity contribution in [1.29, 1.82) is 0 Å². The molecule has 7 heteroatoms. The van der Waals surface area contributed by atoms with Crippen molar-refractivity contribution in [2.75, 3.05) is 0 Å². The van der Waals surface area contributed by atoms with E-state index in [0.29, 0.717) is 12.8 Å². The van der Waals surface area contributed by atoms with Crippen molar-refractivity contribution in [3.63, 3.8) is 0 Å². The van der Waals surface area contributed by atoms with Gasteiger partial charge in [-0.05, 0) is 50.4 Å². The third-order valence-electron chi connectivity index (χ3n) is 7.06. The monoisotopic (exact) mass is 374 g/mol. The molecule has 7 nitrogen and oxygen atoms in total. The summed E-state index contributed by atoms with van der Waals surface area (Å²) in [6.45, 7) is 3.71. The van der Waals surface area contributed by atoms with Gasteiger partial charge in [-0.25, -0.2) is 0 Å². The number of carboxylic acid groups (broad SMARTS) is 2. The predicted octanol–water partition coefficient (Wildman–Crippen LogP) is 1.88. The van der Waals surface area contributed by atoms with Gasteiger partial charge in [0.1, 0.15) is 0 Å². The van der Waals surface area contributed by atoms with Gasteiger partial charge in [-0.15, -0.1) is 0 Å². The van der Waals surface area contributed by atoms with E-state index >= 15 is 0 Å². The van der Waals surface area contributed by atoms with Crippen molar-refractivity contribution in [2.24, 2.45) is 47.3 Å². The lowest BCUT2D eigenvalue weighted by atomic mass is 9.79. The molecule has 0 spiro atoms. The first-order valence-electron chi connectivity index (χ1n) is 9.28. The summed E-state index contributed by atoms with van der Waals surface area (Å²) in [5.74, 6) is -8.26. The van der Waals surface area contributed by atoms with E-state index in [9.17, 15) is 29.4 Å². The van der Waals surface area contributed by atoms with Crippen molar-refractivity contribution in [3.05, 3.63) is 23.3 Å². The molecule has 0 aliphatic heterocycles. The van der Waals surface area contributed by atoms with Crippen LogP contribution in [0.1, 0.15) is 26.7 Å². The molecule has 0 aromatic carbocycles. The van der Waals surface area contributed by atoms with Crippen LogP contribution in [0, 0.1) is 47.3 Å². The van der Waals surface area contributed by atoms with Gasteiger partial charge in [-0.3, -0.25) is 19.2 Å². The Kier molecular flexibility index (Phi) is 4.01. The molecule has 0 heterocycles. The summed E-state index contributed by atoms with van der Waals surface area (Å²) in [6, 6.07) is 0. The van der Waals surface area contributed by atoms with Gasteiger partial charge < -0.3 is 14.9 Å². The molecular formula is C20H22O7. The van der Waals surface area contributed by atoms with Crippen LogP contribution < -0.4 is 0 Å².